The molecule has 54 heavy (non-hydrogen) atoms. The van der Waals surface area contributed by atoms with Crippen LogP contribution in [-0.4, -0.2) is 83.0 Å². The molecule has 0 spiro atoms. The smallest absolute Gasteiger partial charge is 0.245 e. The van der Waals surface area contributed by atoms with E-state index in [1.165, 1.54) is 4.80 Å². The van der Waals surface area contributed by atoms with Crippen molar-refractivity contribution >= 4 is 44.4 Å². The minimum atomic E-state index is -4.20. The zero-order valence-electron chi connectivity index (χ0n) is 31.5. The van der Waals surface area contributed by atoms with Gasteiger partial charge in [0.1, 0.15) is 22.1 Å². The van der Waals surface area contributed by atoms with Gasteiger partial charge in [0, 0.05) is 32.3 Å². The first-order chi connectivity index (χ1) is 25.9. The topological polar surface area (TPSA) is 112 Å². The second-order valence-corrected chi connectivity index (χ2v) is 18.6. The second kappa shape index (κ2) is 17.4. The van der Waals surface area contributed by atoms with Gasteiger partial charge < -0.3 is 14.2 Å². The fourth-order valence-electron chi connectivity index (χ4n) is 6.45. The van der Waals surface area contributed by atoms with Gasteiger partial charge in [-0.15, -0.1) is 22.0 Å². The first-order valence-electron chi connectivity index (χ1n) is 17.8. The van der Waals surface area contributed by atoms with Crippen molar-refractivity contribution in [1.29, 1.82) is 0 Å². The molecular weight excluding hydrogens is 836 g/mol. The summed E-state index contributed by atoms with van der Waals surface area (Å²) in [6, 6.07) is 26.5. The molecular formula is C40H47IN6O5S2. The molecule has 1 aromatic heterocycles. The average Bonchev–Trinajstić information content (AvgIpc) is 3.63. The summed E-state index contributed by atoms with van der Waals surface area (Å²) in [6.07, 6.45) is 1.89. The molecule has 1 aliphatic heterocycles. The number of hydrogen-bond acceptors (Lipinski definition) is 10. The molecule has 0 radical (unpaired) electrons. The van der Waals surface area contributed by atoms with Gasteiger partial charge in [0.2, 0.25) is 15.8 Å². The number of hydrogen-bond donors (Lipinski definition) is 0. The van der Waals surface area contributed by atoms with Crippen molar-refractivity contribution in [3.05, 3.63) is 105 Å². The maximum Gasteiger partial charge on any atom is 0.245 e. The predicted octanol–water partition coefficient (Wildman–Crippen LogP) is 7.76. The molecule has 0 bridgehead atoms. The summed E-state index contributed by atoms with van der Waals surface area (Å²) in [5.41, 5.74) is 3.13. The van der Waals surface area contributed by atoms with Crippen LogP contribution in [0.25, 0.3) is 11.4 Å². The van der Waals surface area contributed by atoms with Crippen LogP contribution in [0.1, 0.15) is 50.3 Å². The Morgan fingerprint density at radius 1 is 0.778 bits per heavy atom. The Labute approximate surface area is 336 Å². The number of halogens is 1. The monoisotopic (exact) mass is 882 g/mol. The summed E-state index contributed by atoms with van der Waals surface area (Å²) in [4.78, 5) is 4.87. The summed E-state index contributed by atoms with van der Waals surface area (Å²) >= 11 is 3.84. The molecule has 1 fully saturated rings. The molecule has 11 nitrogen and oxygen atoms in total. The Morgan fingerprint density at radius 2 is 1.28 bits per heavy atom. The number of rotatable bonds is 14. The lowest BCUT2D eigenvalue weighted by Crippen LogP contribution is -2.46. The fourth-order valence-corrected chi connectivity index (χ4v) is 10.6. The molecule has 0 aliphatic carbocycles. The average molecular weight is 883 g/mol. The summed E-state index contributed by atoms with van der Waals surface area (Å²) < 4.78 is 49.3. The highest BCUT2D eigenvalue weighted by Gasteiger charge is 2.35. The minimum Gasteiger partial charge on any atom is -0.497 e. The second-order valence-electron chi connectivity index (χ2n) is 14.2. The molecule has 0 amide bonds. The molecule has 5 aromatic rings. The molecule has 0 saturated carbocycles. The number of nitrogens with zero attached hydrogens (tertiary/aromatic N) is 6. The third-order valence-corrected chi connectivity index (χ3v) is 13.9. The van der Waals surface area contributed by atoms with E-state index in [0.717, 1.165) is 51.9 Å². The lowest BCUT2D eigenvalue weighted by atomic mass is 10.0. The number of aromatic nitrogens is 4. The first-order valence-corrected chi connectivity index (χ1v) is 21.2. The van der Waals surface area contributed by atoms with E-state index in [9.17, 15) is 0 Å². The van der Waals surface area contributed by atoms with Crippen LogP contribution in [0.15, 0.2) is 94.7 Å². The number of methoxy groups -OCH3 is 3. The lowest BCUT2D eigenvalue weighted by molar-refractivity contribution is 0.113. The largest absolute Gasteiger partial charge is 0.497 e. The Kier molecular flexibility index (Phi) is 12.9. The fraction of sp³-hybridized carbons (Fsp3) is 0.375. The van der Waals surface area contributed by atoms with E-state index < -0.39 is 10.0 Å². The molecule has 0 atom stereocenters. The molecule has 1 saturated heterocycles. The van der Waals surface area contributed by atoms with Crippen molar-refractivity contribution in [3.63, 3.8) is 0 Å². The van der Waals surface area contributed by atoms with Crippen LogP contribution in [0.4, 0.5) is 0 Å². The molecule has 14 heteroatoms. The molecule has 286 valence electrons. The lowest BCUT2D eigenvalue weighted by Gasteiger charge is -2.40. The van der Waals surface area contributed by atoms with Crippen molar-refractivity contribution in [2.75, 3.05) is 34.4 Å². The SMILES string of the molecule is COc1ccc(CN(Cc2ccc(OC)cc2)S(=O)(=O)c2c(SC3CCN(C(C)(C)C)CC3)ccc(I)c2-c2nnn(Cc3ccc(OC)cc3)n2)cc1. The highest BCUT2D eigenvalue weighted by molar-refractivity contribution is 14.1. The summed E-state index contributed by atoms with van der Waals surface area (Å²) in [7, 11) is 0.655. The standard InChI is InChI=1S/C40H47IN6O5S2/c1-40(2,3)45-23-21-34(22-24-45)53-36-20-19-35(41)37(39-42-44-47(43-39)27-30-11-17-33(52-6)18-12-30)38(36)54(48,49)46(25-28-7-13-31(50-4)14-8-28)26-29-9-15-32(51-5)16-10-29/h7-20,34H,21-27H2,1-6H3. The number of thioether (sulfide) groups is 1. The Hall–Kier alpha value is -3.70. The van der Waals surface area contributed by atoms with Crippen molar-refractivity contribution in [2.45, 2.75) is 73.8 Å². The third-order valence-electron chi connectivity index (χ3n) is 9.55. The Morgan fingerprint density at radius 3 is 1.76 bits per heavy atom. The number of sulfonamides is 1. The molecule has 6 rings (SSSR count). The van der Waals surface area contributed by atoms with Gasteiger partial charge in [-0.05, 0) is 140 Å². The number of benzene rings is 4. The van der Waals surface area contributed by atoms with E-state index in [2.05, 4.69) is 58.6 Å². The van der Waals surface area contributed by atoms with Gasteiger partial charge in [-0.25, -0.2) is 8.42 Å². The van der Waals surface area contributed by atoms with E-state index in [1.54, 1.807) is 37.4 Å². The van der Waals surface area contributed by atoms with Crippen LogP contribution >= 0.6 is 34.4 Å². The van der Waals surface area contributed by atoms with Gasteiger partial charge in [0.25, 0.3) is 0 Å². The number of tetrazole rings is 1. The first kappa shape index (κ1) is 40.0. The van der Waals surface area contributed by atoms with Crippen LogP contribution in [0.2, 0.25) is 0 Å². The van der Waals surface area contributed by atoms with Crippen LogP contribution in [0.5, 0.6) is 17.2 Å². The van der Waals surface area contributed by atoms with E-state index in [1.807, 2.05) is 84.9 Å². The third kappa shape index (κ3) is 9.56. The van der Waals surface area contributed by atoms with E-state index >= 15 is 8.42 Å². The molecule has 1 aliphatic rings. The molecule has 2 heterocycles. The Bertz CT molecular complexity index is 2060. The van der Waals surface area contributed by atoms with Crippen molar-refractivity contribution in [1.82, 2.24) is 29.4 Å². The van der Waals surface area contributed by atoms with Gasteiger partial charge >= 0.3 is 0 Å². The quantitative estimate of drug-likeness (QED) is 0.103. The van der Waals surface area contributed by atoms with Gasteiger partial charge in [-0.2, -0.15) is 9.10 Å². The highest BCUT2D eigenvalue weighted by atomic mass is 127. The molecule has 4 aromatic carbocycles. The van der Waals surface area contributed by atoms with Crippen LogP contribution in [0.3, 0.4) is 0 Å². The van der Waals surface area contributed by atoms with Gasteiger partial charge in [-0.3, -0.25) is 4.90 Å². The normalized spacial score (nSPS) is 14.4. The molecule has 0 unspecified atom stereocenters. The Balaban J connectivity index is 1.44. The summed E-state index contributed by atoms with van der Waals surface area (Å²) in [6.45, 7) is 9.25. The van der Waals surface area contributed by atoms with Crippen LogP contribution < -0.4 is 14.2 Å². The number of likely N-dealkylation sites (tertiary alicyclic amines) is 1. The van der Waals surface area contributed by atoms with E-state index in [0.29, 0.717) is 28.5 Å². The van der Waals surface area contributed by atoms with Gasteiger partial charge in [0.05, 0.1) is 33.4 Å². The zero-order valence-corrected chi connectivity index (χ0v) is 35.3. The number of ether oxygens (including phenoxy) is 3. The number of piperidine rings is 1. The van der Waals surface area contributed by atoms with Crippen molar-refractivity contribution < 1.29 is 22.6 Å². The van der Waals surface area contributed by atoms with Gasteiger partial charge in [0.15, 0.2) is 0 Å². The van der Waals surface area contributed by atoms with Gasteiger partial charge in [-0.1, -0.05) is 36.4 Å². The zero-order chi connectivity index (χ0) is 38.5. The van der Waals surface area contributed by atoms with Crippen molar-refractivity contribution in [3.8, 4) is 28.6 Å². The molecule has 0 N–H and O–H groups in total. The maximum atomic E-state index is 15.5. The van der Waals surface area contributed by atoms with Crippen LogP contribution in [-0.2, 0) is 29.7 Å². The van der Waals surface area contributed by atoms with E-state index in [-0.39, 0.29) is 34.6 Å². The minimum absolute atomic E-state index is 0.0763. The summed E-state index contributed by atoms with van der Waals surface area (Å²) in [5.74, 6) is 2.40. The predicted molar refractivity (Wildman–Crippen MR) is 221 cm³/mol. The maximum absolute atomic E-state index is 15.5. The van der Waals surface area contributed by atoms with Crippen LogP contribution in [0, 0.1) is 3.57 Å². The highest BCUT2D eigenvalue weighted by Crippen LogP contribution is 2.43. The summed E-state index contributed by atoms with van der Waals surface area (Å²) in [5, 5.41) is 13.9. The van der Waals surface area contributed by atoms with Crippen molar-refractivity contribution in [2.24, 2.45) is 0 Å². The van der Waals surface area contributed by atoms with E-state index in [4.69, 9.17) is 19.3 Å².